The Hall–Kier alpha value is -0.460. The Labute approximate surface area is 125 Å². The van der Waals surface area contributed by atoms with E-state index in [0.717, 1.165) is 35.0 Å². The fourth-order valence-corrected chi connectivity index (χ4v) is 4.39. The number of thiazole rings is 1. The van der Waals surface area contributed by atoms with E-state index in [1.165, 1.54) is 0 Å². The third kappa shape index (κ3) is 2.45. The van der Waals surface area contributed by atoms with Crippen molar-refractivity contribution in [3.05, 3.63) is 15.0 Å². The van der Waals surface area contributed by atoms with E-state index in [1.807, 2.05) is 12.3 Å². The minimum absolute atomic E-state index is 0.287. The molecule has 0 saturated carbocycles. The highest BCUT2D eigenvalue weighted by Gasteiger charge is 2.48. The summed E-state index contributed by atoms with van der Waals surface area (Å²) >= 11 is 5.08. The second-order valence-electron chi connectivity index (χ2n) is 5.22. The number of fused-ring (bicyclic) bond motifs is 1. The maximum absolute atomic E-state index is 5.91. The summed E-state index contributed by atoms with van der Waals surface area (Å²) in [5.74, 6) is 1.18. The van der Waals surface area contributed by atoms with Crippen LogP contribution < -0.4 is 0 Å². The smallest absolute Gasteiger partial charge is 0.181 e. The topological polar surface area (TPSA) is 43.7 Å². The normalized spacial score (nSPS) is 35.0. The van der Waals surface area contributed by atoms with Crippen LogP contribution in [0, 0.1) is 5.92 Å². The van der Waals surface area contributed by atoms with Gasteiger partial charge in [-0.1, -0.05) is 0 Å². The summed E-state index contributed by atoms with van der Waals surface area (Å²) in [6.07, 6.45) is 2.30. The number of aromatic nitrogens is 1. The molecule has 1 fully saturated rings. The van der Waals surface area contributed by atoms with Crippen LogP contribution in [0.15, 0.2) is 15.0 Å². The first-order chi connectivity index (χ1) is 9.10. The van der Waals surface area contributed by atoms with Crippen LogP contribution in [0.1, 0.15) is 31.7 Å². The molecule has 0 aromatic carbocycles. The van der Waals surface area contributed by atoms with Crippen molar-refractivity contribution in [3.8, 4) is 0 Å². The second-order valence-corrected chi connectivity index (χ2v) is 6.89. The first-order valence-electron chi connectivity index (χ1n) is 6.52. The Morgan fingerprint density at radius 3 is 3.11 bits per heavy atom. The number of hydrogen-bond donors (Lipinski definition) is 0. The van der Waals surface area contributed by atoms with Crippen molar-refractivity contribution in [2.75, 3.05) is 13.2 Å². The van der Waals surface area contributed by atoms with E-state index in [2.05, 4.69) is 27.8 Å². The van der Waals surface area contributed by atoms with Gasteiger partial charge in [0, 0.05) is 12.3 Å². The maximum atomic E-state index is 5.91. The molecule has 0 bridgehead atoms. The van der Waals surface area contributed by atoms with E-state index in [1.54, 1.807) is 11.3 Å². The fourth-order valence-electron chi connectivity index (χ4n) is 2.93. The zero-order valence-electron chi connectivity index (χ0n) is 11.1. The molecule has 0 unspecified atom stereocenters. The van der Waals surface area contributed by atoms with Crippen LogP contribution in [0.2, 0.25) is 0 Å². The third-order valence-electron chi connectivity index (χ3n) is 3.86. The van der Waals surface area contributed by atoms with Gasteiger partial charge in [0.1, 0.15) is 15.1 Å². The Morgan fingerprint density at radius 2 is 2.37 bits per heavy atom. The summed E-state index contributed by atoms with van der Waals surface area (Å²) in [6, 6.07) is 0. The molecule has 2 aliphatic rings. The van der Waals surface area contributed by atoms with E-state index in [4.69, 9.17) is 14.5 Å². The van der Waals surface area contributed by atoms with Gasteiger partial charge in [0.15, 0.2) is 5.90 Å². The molecular weight excluding hydrogens is 328 g/mol. The molecule has 3 heterocycles. The first-order valence-corrected chi connectivity index (χ1v) is 8.20. The number of nitrogens with zero attached hydrogens (tertiary/aromatic N) is 2. The van der Waals surface area contributed by atoms with Crippen molar-refractivity contribution in [1.82, 2.24) is 4.98 Å². The summed E-state index contributed by atoms with van der Waals surface area (Å²) in [4.78, 5) is 9.45. The lowest BCUT2D eigenvalue weighted by molar-refractivity contribution is -0.0540. The highest BCUT2D eigenvalue weighted by atomic mass is 79.9. The van der Waals surface area contributed by atoms with E-state index >= 15 is 0 Å². The highest BCUT2D eigenvalue weighted by Crippen LogP contribution is 2.45. The molecular formula is C13H17BrN2O2S. The van der Waals surface area contributed by atoms with E-state index in [0.29, 0.717) is 12.5 Å². The molecule has 6 heteroatoms. The molecule has 0 spiro atoms. The molecule has 104 valence electrons. The Balaban J connectivity index is 2.06. The average molecular weight is 345 g/mol. The van der Waals surface area contributed by atoms with Crippen molar-refractivity contribution in [3.63, 3.8) is 0 Å². The Kier molecular flexibility index (Phi) is 3.66. The Bertz CT molecular complexity index is 505. The molecule has 0 aliphatic carbocycles. The van der Waals surface area contributed by atoms with Crippen molar-refractivity contribution >= 4 is 33.2 Å². The minimum atomic E-state index is -0.357. The summed E-state index contributed by atoms with van der Waals surface area (Å²) in [7, 11) is 0. The largest absolute Gasteiger partial charge is 0.481 e. The van der Waals surface area contributed by atoms with Crippen molar-refractivity contribution < 1.29 is 9.47 Å². The SMILES string of the molecule is CC1=N[C@@]2(c3nc(Br)cs3)CO[C@@H](C)C[C@H]2CCO1. The molecule has 2 aliphatic heterocycles. The summed E-state index contributed by atoms with van der Waals surface area (Å²) in [5.41, 5.74) is -0.357. The maximum Gasteiger partial charge on any atom is 0.181 e. The van der Waals surface area contributed by atoms with Gasteiger partial charge >= 0.3 is 0 Å². The quantitative estimate of drug-likeness (QED) is 0.784. The van der Waals surface area contributed by atoms with Gasteiger partial charge in [0.25, 0.3) is 0 Å². The lowest BCUT2D eigenvalue weighted by Gasteiger charge is -2.40. The molecule has 19 heavy (non-hydrogen) atoms. The predicted octanol–water partition coefficient (Wildman–Crippen LogP) is 3.36. The zero-order valence-corrected chi connectivity index (χ0v) is 13.5. The van der Waals surface area contributed by atoms with Gasteiger partial charge in [0.2, 0.25) is 0 Å². The second kappa shape index (κ2) is 5.14. The van der Waals surface area contributed by atoms with E-state index < -0.39 is 0 Å². The summed E-state index contributed by atoms with van der Waals surface area (Å²) < 4.78 is 12.4. The average Bonchev–Trinajstić information content (AvgIpc) is 2.72. The molecule has 1 aromatic rings. The summed E-state index contributed by atoms with van der Waals surface area (Å²) in [6.45, 7) is 5.38. The molecule has 1 aromatic heterocycles. The van der Waals surface area contributed by atoms with Crippen molar-refractivity contribution in [1.29, 1.82) is 0 Å². The molecule has 0 amide bonds. The van der Waals surface area contributed by atoms with Gasteiger partial charge in [-0.3, -0.25) is 0 Å². The van der Waals surface area contributed by atoms with Crippen LogP contribution in [0.25, 0.3) is 0 Å². The van der Waals surface area contributed by atoms with Gasteiger partial charge < -0.3 is 9.47 Å². The van der Waals surface area contributed by atoms with Gasteiger partial charge in [-0.05, 0) is 41.6 Å². The van der Waals surface area contributed by atoms with E-state index in [9.17, 15) is 0 Å². The molecule has 4 nitrogen and oxygen atoms in total. The Morgan fingerprint density at radius 1 is 1.53 bits per heavy atom. The van der Waals surface area contributed by atoms with Gasteiger partial charge in [-0.15, -0.1) is 11.3 Å². The van der Waals surface area contributed by atoms with Crippen molar-refractivity contribution in [2.24, 2.45) is 10.9 Å². The predicted molar refractivity (Wildman–Crippen MR) is 78.7 cm³/mol. The highest BCUT2D eigenvalue weighted by molar-refractivity contribution is 9.10. The number of hydrogen-bond acceptors (Lipinski definition) is 5. The lowest BCUT2D eigenvalue weighted by Crippen LogP contribution is -2.45. The van der Waals surface area contributed by atoms with Crippen LogP contribution in [0.3, 0.4) is 0 Å². The van der Waals surface area contributed by atoms with Crippen molar-refractivity contribution in [2.45, 2.75) is 38.3 Å². The van der Waals surface area contributed by atoms with Crippen LogP contribution in [0.5, 0.6) is 0 Å². The van der Waals surface area contributed by atoms with Crippen LogP contribution >= 0.6 is 27.3 Å². The first kappa shape index (κ1) is 13.5. The standard InChI is InChI=1S/C13H17BrN2O2S/c1-8-5-10-3-4-17-9(2)16-13(10,7-18-8)12-15-11(14)6-19-12/h6,8,10H,3-5,7H2,1-2H3/t8-,10+,13-/m0/s1. The lowest BCUT2D eigenvalue weighted by atomic mass is 9.78. The molecule has 1 saturated heterocycles. The number of aliphatic imine (C=N–C) groups is 1. The number of halogens is 1. The van der Waals surface area contributed by atoms with Crippen LogP contribution in [-0.4, -0.2) is 30.2 Å². The van der Waals surface area contributed by atoms with Gasteiger partial charge in [-0.25, -0.2) is 9.98 Å². The molecule has 3 rings (SSSR count). The summed E-state index contributed by atoms with van der Waals surface area (Å²) in [5, 5.41) is 3.04. The zero-order chi connectivity index (χ0) is 13.5. The van der Waals surface area contributed by atoms with Crippen LogP contribution in [-0.2, 0) is 15.0 Å². The van der Waals surface area contributed by atoms with Gasteiger partial charge in [-0.2, -0.15) is 0 Å². The monoisotopic (exact) mass is 344 g/mol. The molecule has 0 radical (unpaired) electrons. The molecule has 3 atom stereocenters. The van der Waals surface area contributed by atoms with Gasteiger partial charge in [0.05, 0.1) is 19.3 Å². The number of ether oxygens (including phenoxy) is 2. The molecule has 0 N–H and O–H groups in total. The third-order valence-corrected chi connectivity index (χ3v) is 5.58. The van der Waals surface area contributed by atoms with Crippen LogP contribution in [0.4, 0.5) is 0 Å². The van der Waals surface area contributed by atoms with E-state index in [-0.39, 0.29) is 11.6 Å². The minimum Gasteiger partial charge on any atom is -0.481 e. The fraction of sp³-hybridized carbons (Fsp3) is 0.692. The number of rotatable bonds is 1.